The number of amides is 1. The number of rotatable bonds is 10. The van der Waals surface area contributed by atoms with E-state index in [4.69, 9.17) is 9.47 Å². The maximum atomic E-state index is 13.3. The standard InChI is InChI=1S/C28H29N3O6S2/c1-4-30(18-20-10-7-6-8-11-20)39(34,35)22-16-14-21(15-17-22)27(33)29-28-31(19-25(32)37-5-2)26-23(36-3)12-9-13-24(26)38-28/h6-17H,4-5,18-19H2,1-3H3. The van der Waals surface area contributed by atoms with Crippen LogP contribution < -0.4 is 9.54 Å². The lowest BCUT2D eigenvalue weighted by atomic mass is 10.2. The Bertz CT molecular complexity index is 1640. The SMILES string of the molecule is CCOC(=O)Cn1c(=NC(=O)c2ccc(S(=O)(=O)N(CC)Cc3ccccc3)cc2)sc2cccc(OC)c21. The van der Waals surface area contributed by atoms with E-state index in [1.165, 1.54) is 47.0 Å². The fraction of sp³-hybridized carbons (Fsp3) is 0.250. The summed E-state index contributed by atoms with van der Waals surface area (Å²) in [6.07, 6.45) is 0. The van der Waals surface area contributed by atoms with E-state index in [1.807, 2.05) is 42.5 Å². The zero-order valence-corrected chi connectivity index (χ0v) is 23.5. The number of fused-ring (bicyclic) bond motifs is 1. The summed E-state index contributed by atoms with van der Waals surface area (Å²) < 4.78 is 40.9. The van der Waals surface area contributed by atoms with Gasteiger partial charge < -0.3 is 14.0 Å². The third-order valence-electron chi connectivity index (χ3n) is 5.97. The van der Waals surface area contributed by atoms with Crippen LogP contribution in [-0.2, 0) is 32.6 Å². The van der Waals surface area contributed by atoms with Crippen LogP contribution in [0.15, 0.2) is 82.7 Å². The second kappa shape index (κ2) is 12.4. The van der Waals surface area contributed by atoms with Crippen LogP contribution in [0.2, 0.25) is 0 Å². The quantitative estimate of drug-likeness (QED) is 0.266. The molecular formula is C28H29N3O6S2. The minimum absolute atomic E-state index is 0.0841. The smallest absolute Gasteiger partial charge is 0.326 e. The molecule has 3 aromatic carbocycles. The molecule has 0 aliphatic rings. The summed E-state index contributed by atoms with van der Waals surface area (Å²) in [6.45, 7) is 4.11. The van der Waals surface area contributed by atoms with Gasteiger partial charge in [0.25, 0.3) is 5.91 Å². The highest BCUT2D eigenvalue weighted by Gasteiger charge is 2.24. The number of hydrogen-bond acceptors (Lipinski definition) is 7. The summed E-state index contributed by atoms with van der Waals surface area (Å²) in [4.78, 5) is 30.1. The van der Waals surface area contributed by atoms with Crippen molar-refractivity contribution in [1.82, 2.24) is 8.87 Å². The number of aromatic nitrogens is 1. The summed E-state index contributed by atoms with van der Waals surface area (Å²) in [6, 6.07) is 20.5. The Morgan fingerprint density at radius 1 is 0.974 bits per heavy atom. The highest BCUT2D eigenvalue weighted by Crippen LogP contribution is 2.27. The van der Waals surface area contributed by atoms with Crippen molar-refractivity contribution >= 4 is 43.5 Å². The van der Waals surface area contributed by atoms with Gasteiger partial charge in [0.05, 0.1) is 23.3 Å². The summed E-state index contributed by atoms with van der Waals surface area (Å²) in [7, 11) is -2.25. The van der Waals surface area contributed by atoms with Crippen LogP contribution in [0, 0.1) is 0 Å². The van der Waals surface area contributed by atoms with Gasteiger partial charge in [-0.15, -0.1) is 0 Å². The largest absolute Gasteiger partial charge is 0.495 e. The van der Waals surface area contributed by atoms with Crippen LogP contribution in [0.3, 0.4) is 0 Å². The number of sulfonamides is 1. The molecule has 0 saturated heterocycles. The molecule has 0 unspecified atom stereocenters. The number of nitrogens with zero attached hydrogens (tertiary/aromatic N) is 3. The Balaban J connectivity index is 1.66. The Kier molecular flexibility index (Phi) is 8.95. The summed E-state index contributed by atoms with van der Waals surface area (Å²) in [5.74, 6) is -0.506. The number of para-hydroxylation sites is 1. The van der Waals surface area contributed by atoms with Gasteiger partial charge in [0.1, 0.15) is 17.8 Å². The second-order valence-electron chi connectivity index (χ2n) is 8.44. The molecule has 1 heterocycles. The van der Waals surface area contributed by atoms with Crippen LogP contribution in [0.1, 0.15) is 29.8 Å². The lowest BCUT2D eigenvalue weighted by Gasteiger charge is -2.20. The molecule has 0 aliphatic carbocycles. The predicted molar refractivity (Wildman–Crippen MR) is 149 cm³/mol. The van der Waals surface area contributed by atoms with Crippen LogP contribution in [-0.4, -0.2) is 49.4 Å². The highest BCUT2D eigenvalue weighted by molar-refractivity contribution is 7.89. The van der Waals surface area contributed by atoms with Gasteiger partial charge >= 0.3 is 5.97 Å². The first-order chi connectivity index (χ1) is 18.8. The topological polar surface area (TPSA) is 107 Å². The Morgan fingerprint density at radius 3 is 2.33 bits per heavy atom. The van der Waals surface area contributed by atoms with Gasteiger partial charge in [0.15, 0.2) is 4.80 Å². The third kappa shape index (κ3) is 6.27. The summed E-state index contributed by atoms with van der Waals surface area (Å²) in [5.41, 5.74) is 1.72. The van der Waals surface area contributed by atoms with Crippen molar-refractivity contribution in [3.05, 3.63) is 88.7 Å². The Hall–Kier alpha value is -3.80. The molecule has 0 fully saturated rings. The van der Waals surface area contributed by atoms with E-state index in [1.54, 1.807) is 24.5 Å². The van der Waals surface area contributed by atoms with Gasteiger partial charge in [-0.3, -0.25) is 9.59 Å². The molecule has 0 aliphatic heterocycles. The molecule has 1 amide bonds. The van der Waals surface area contributed by atoms with Crippen LogP contribution in [0.4, 0.5) is 0 Å². The first-order valence-corrected chi connectivity index (χ1v) is 14.6. The predicted octanol–water partition coefficient (Wildman–Crippen LogP) is 4.23. The van der Waals surface area contributed by atoms with Crippen LogP contribution >= 0.6 is 11.3 Å². The van der Waals surface area contributed by atoms with Crippen molar-refractivity contribution in [3.63, 3.8) is 0 Å². The summed E-state index contributed by atoms with van der Waals surface area (Å²) >= 11 is 1.24. The molecule has 4 rings (SSSR count). The Morgan fingerprint density at radius 2 is 1.69 bits per heavy atom. The van der Waals surface area contributed by atoms with Gasteiger partial charge in [0.2, 0.25) is 10.0 Å². The molecule has 0 bridgehead atoms. The molecular weight excluding hydrogens is 538 g/mol. The number of carbonyl (C=O) groups excluding carboxylic acids is 2. The normalized spacial score (nSPS) is 12.2. The molecule has 0 spiro atoms. The van der Waals surface area contributed by atoms with Crippen LogP contribution in [0.25, 0.3) is 10.2 Å². The third-order valence-corrected chi connectivity index (χ3v) is 8.95. The zero-order valence-electron chi connectivity index (χ0n) is 21.9. The number of esters is 1. The molecule has 11 heteroatoms. The van der Waals surface area contributed by atoms with Crippen molar-refractivity contribution in [3.8, 4) is 5.75 Å². The molecule has 0 radical (unpaired) electrons. The summed E-state index contributed by atoms with van der Waals surface area (Å²) in [5, 5.41) is 0. The van der Waals surface area contributed by atoms with Crippen molar-refractivity contribution in [2.24, 2.45) is 4.99 Å². The number of methoxy groups -OCH3 is 1. The molecule has 9 nitrogen and oxygen atoms in total. The number of thiazole rings is 1. The van der Waals surface area contributed by atoms with Crippen molar-refractivity contribution in [2.45, 2.75) is 31.8 Å². The van der Waals surface area contributed by atoms with E-state index in [0.29, 0.717) is 22.6 Å². The maximum absolute atomic E-state index is 13.3. The van der Waals surface area contributed by atoms with Gasteiger partial charge in [-0.05, 0) is 48.9 Å². The van der Waals surface area contributed by atoms with Crippen LogP contribution in [0.5, 0.6) is 5.75 Å². The van der Waals surface area contributed by atoms with Crippen molar-refractivity contribution in [1.29, 1.82) is 0 Å². The highest BCUT2D eigenvalue weighted by atomic mass is 32.2. The molecule has 39 heavy (non-hydrogen) atoms. The minimum atomic E-state index is -3.78. The van der Waals surface area contributed by atoms with Gasteiger partial charge in [0, 0.05) is 18.7 Å². The van der Waals surface area contributed by atoms with E-state index >= 15 is 0 Å². The van der Waals surface area contributed by atoms with E-state index in [0.717, 1.165) is 10.3 Å². The fourth-order valence-electron chi connectivity index (χ4n) is 4.05. The molecule has 204 valence electrons. The maximum Gasteiger partial charge on any atom is 0.326 e. The van der Waals surface area contributed by atoms with E-state index in [-0.39, 0.29) is 30.2 Å². The van der Waals surface area contributed by atoms with Crippen molar-refractivity contribution in [2.75, 3.05) is 20.3 Å². The number of carbonyl (C=O) groups is 2. The zero-order chi connectivity index (χ0) is 28.0. The number of hydrogen-bond donors (Lipinski definition) is 0. The Labute approximate surface area is 231 Å². The lowest BCUT2D eigenvalue weighted by molar-refractivity contribution is -0.143. The second-order valence-corrected chi connectivity index (χ2v) is 11.4. The minimum Gasteiger partial charge on any atom is -0.495 e. The molecule has 0 saturated carbocycles. The fourth-order valence-corrected chi connectivity index (χ4v) is 6.54. The molecule has 4 aromatic rings. The molecule has 1 aromatic heterocycles. The van der Waals surface area contributed by atoms with Gasteiger partial charge in [-0.1, -0.05) is 54.7 Å². The molecule has 0 atom stereocenters. The first kappa shape index (κ1) is 28.2. The average molecular weight is 568 g/mol. The number of ether oxygens (including phenoxy) is 2. The first-order valence-electron chi connectivity index (χ1n) is 12.3. The lowest BCUT2D eigenvalue weighted by Crippen LogP contribution is -2.30. The average Bonchev–Trinajstić information content (AvgIpc) is 3.28. The molecule has 0 N–H and O–H groups in total. The van der Waals surface area contributed by atoms with Crippen molar-refractivity contribution < 1.29 is 27.5 Å². The van der Waals surface area contributed by atoms with Gasteiger partial charge in [-0.25, -0.2) is 8.42 Å². The van der Waals surface area contributed by atoms with E-state index in [2.05, 4.69) is 4.99 Å². The number of benzene rings is 3. The van der Waals surface area contributed by atoms with E-state index < -0.39 is 21.9 Å². The monoisotopic (exact) mass is 567 g/mol. The van der Waals surface area contributed by atoms with E-state index in [9.17, 15) is 18.0 Å². The van der Waals surface area contributed by atoms with Gasteiger partial charge in [-0.2, -0.15) is 9.30 Å².